The number of hydrogen-bond donors (Lipinski definition) is 2. The molecule has 5 heteroatoms. The zero-order chi connectivity index (χ0) is 14.8. The summed E-state index contributed by atoms with van der Waals surface area (Å²) in [5.41, 5.74) is 6.61. The van der Waals surface area contributed by atoms with Gasteiger partial charge in [0, 0.05) is 11.3 Å². The van der Waals surface area contributed by atoms with Crippen LogP contribution in [0.1, 0.15) is 38.0 Å². The average molecular weight is 323 g/mol. The Morgan fingerprint density at radius 2 is 2.18 bits per heavy atom. The van der Waals surface area contributed by atoms with E-state index in [1.807, 2.05) is 37.3 Å². The van der Waals surface area contributed by atoms with Gasteiger partial charge in [0.2, 0.25) is 5.91 Å². The van der Waals surface area contributed by atoms with Crippen molar-refractivity contribution in [2.24, 2.45) is 17.6 Å². The highest BCUT2D eigenvalue weighted by molar-refractivity contribution is 5.85. The van der Waals surface area contributed by atoms with E-state index in [0.717, 1.165) is 36.0 Å². The van der Waals surface area contributed by atoms with Crippen molar-refractivity contribution in [3.8, 4) is 0 Å². The first-order valence-electron chi connectivity index (χ1n) is 7.68. The van der Waals surface area contributed by atoms with E-state index in [0.29, 0.717) is 12.5 Å². The third-order valence-corrected chi connectivity index (χ3v) is 4.53. The van der Waals surface area contributed by atoms with Gasteiger partial charge in [-0.2, -0.15) is 0 Å². The van der Waals surface area contributed by atoms with Crippen LogP contribution < -0.4 is 11.1 Å². The Kier molecular flexibility index (Phi) is 5.48. The lowest BCUT2D eigenvalue weighted by atomic mass is 9.95. The number of carbonyl (C=O) groups is 1. The monoisotopic (exact) mass is 322 g/mol. The maximum atomic E-state index is 12.4. The second-order valence-electron chi connectivity index (χ2n) is 5.95. The van der Waals surface area contributed by atoms with E-state index in [9.17, 15) is 4.79 Å². The number of para-hydroxylation sites is 1. The largest absolute Gasteiger partial charge is 0.459 e. The molecule has 3 rings (SSSR count). The fourth-order valence-electron chi connectivity index (χ4n) is 3.27. The Hall–Kier alpha value is -1.52. The van der Waals surface area contributed by atoms with Crippen LogP contribution in [-0.4, -0.2) is 12.5 Å². The fraction of sp³-hybridized carbons (Fsp3) is 0.471. The van der Waals surface area contributed by atoms with Gasteiger partial charge in [0.25, 0.3) is 0 Å². The van der Waals surface area contributed by atoms with Gasteiger partial charge in [-0.05, 0) is 44.4 Å². The van der Waals surface area contributed by atoms with Crippen LogP contribution in [0.25, 0.3) is 11.0 Å². The third-order valence-electron chi connectivity index (χ3n) is 4.53. The molecular weight excluding hydrogens is 300 g/mol. The van der Waals surface area contributed by atoms with E-state index in [2.05, 4.69) is 5.32 Å². The molecule has 1 aromatic carbocycles. The Labute approximate surface area is 136 Å². The fourth-order valence-corrected chi connectivity index (χ4v) is 3.27. The minimum Gasteiger partial charge on any atom is -0.459 e. The summed E-state index contributed by atoms with van der Waals surface area (Å²) in [6, 6.07) is 9.75. The second-order valence-corrected chi connectivity index (χ2v) is 5.95. The molecule has 22 heavy (non-hydrogen) atoms. The van der Waals surface area contributed by atoms with Crippen LogP contribution in [0.2, 0.25) is 0 Å². The molecule has 1 aromatic heterocycles. The van der Waals surface area contributed by atoms with Crippen molar-refractivity contribution in [2.45, 2.75) is 32.2 Å². The number of carbonyl (C=O) groups excluding carboxylic acids is 1. The van der Waals surface area contributed by atoms with Gasteiger partial charge in [-0.15, -0.1) is 12.4 Å². The summed E-state index contributed by atoms with van der Waals surface area (Å²) < 4.78 is 5.81. The van der Waals surface area contributed by atoms with Crippen LogP contribution in [0.15, 0.2) is 34.7 Å². The van der Waals surface area contributed by atoms with Crippen LogP contribution in [-0.2, 0) is 4.79 Å². The molecule has 0 radical (unpaired) electrons. The van der Waals surface area contributed by atoms with Crippen LogP contribution >= 0.6 is 12.4 Å². The van der Waals surface area contributed by atoms with Crippen molar-refractivity contribution in [3.63, 3.8) is 0 Å². The number of halogens is 1. The quantitative estimate of drug-likeness (QED) is 0.906. The molecule has 4 nitrogen and oxygen atoms in total. The van der Waals surface area contributed by atoms with Crippen molar-refractivity contribution in [1.29, 1.82) is 0 Å². The zero-order valence-corrected chi connectivity index (χ0v) is 13.6. The topological polar surface area (TPSA) is 68.3 Å². The van der Waals surface area contributed by atoms with Crippen molar-refractivity contribution < 1.29 is 9.21 Å². The van der Waals surface area contributed by atoms with Gasteiger partial charge in [-0.1, -0.05) is 24.6 Å². The lowest BCUT2D eigenvalue weighted by Crippen LogP contribution is -2.36. The number of furan rings is 1. The number of fused-ring (bicyclic) bond motifs is 1. The molecule has 1 heterocycles. The van der Waals surface area contributed by atoms with Gasteiger partial charge in [0.1, 0.15) is 11.3 Å². The van der Waals surface area contributed by atoms with Crippen molar-refractivity contribution in [1.82, 2.24) is 5.32 Å². The number of nitrogens with one attached hydrogen (secondary N) is 1. The lowest BCUT2D eigenvalue weighted by molar-refractivity contribution is -0.126. The molecule has 3 N–H and O–H groups in total. The van der Waals surface area contributed by atoms with Gasteiger partial charge in [-0.25, -0.2) is 0 Å². The first-order chi connectivity index (χ1) is 10.2. The van der Waals surface area contributed by atoms with Gasteiger partial charge in [0.05, 0.1) is 6.04 Å². The standard InChI is InChI=1S/C17H22N2O2.ClH/c1-11(16-9-12-5-2-3-8-15(12)21-16)19-17(20)14-7-4-6-13(14)10-18;/h2-3,5,8-9,11,13-14H,4,6-7,10,18H2,1H3,(H,19,20);1H/t11?,13-,14-;/m1./s1. The highest BCUT2D eigenvalue weighted by Gasteiger charge is 2.32. The second kappa shape index (κ2) is 7.16. The first-order valence-corrected chi connectivity index (χ1v) is 7.68. The third kappa shape index (κ3) is 3.28. The van der Waals surface area contributed by atoms with Crippen LogP contribution in [0.5, 0.6) is 0 Å². The molecule has 1 saturated carbocycles. The molecule has 1 aliphatic rings. The molecule has 2 aromatic rings. The van der Waals surface area contributed by atoms with Crippen molar-refractivity contribution in [2.75, 3.05) is 6.54 Å². The van der Waals surface area contributed by atoms with E-state index in [-0.39, 0.29) is 30.3 Å². The van der Waals surface area contributed by atoms with Gasteiger partial charge < -0.3 is 15.5 Å². The molecule has 0 spiro atoms. The SMILES string of the molecule is CC(NC(=O)[C@@H]1CCC[C@@H]1CN)c1cc2ccccc2o1.Cl. The van der Waals surface area contributed by atoms with E-state index in [1.165, 1.54) is 0 Å². The number of nitrogens with two attached hydrogens (primary N) is 1. The Bertz CT molecular complexity index is 607. The van der Waals surface area contributed by atoms with Crippen molar-refractivity contribution in [3.05, 3.63) is 36.1 Å². The molecular formula is C17H23ClN2O2. The Morgan fingerprint density at radius 3 is 2.91 bits per heavy atom. The summed E-state index contributed by atoms with van der Waals surface area (Å²) in [6.07, 6.45) is 3.10. The molecule has 0 aliphatic heterocycles. The number of rotatable bonds is 4. The molecule has 1 aliphatic carbocycles. The van der Waals surface area contributed by atoms with Crippen molar-refractivity contribution >= 4 is 29.3 Å². The normalized spacial score (nSPS) is 22.3. The maximum absolute atomic E-state index is 12.4. The molecule has 3 atom stereocenters. The number of hydrogen-bond acceptors (Lipinski definition) is 3. The number of benzene rings is 1. The van der Waals surface area contributed by atoms with E-state index in [1.54, 1.807) is 0 Å². The summed E-state index contributed by atoms with van der Waals surface area (Å²) >= 11 is 0. The molecule has 1 amide bonds. The minimum atomic E-state index is -0.121. The summed E-state index contributed by atoms with van der Waals surface area (Å²) in [7, 11) is 0. The predicted octanol–water partition coefficient (Wildman–Crippen LogP) is 3.41. The lowest BCUT2D eigenvalue weighted by Gasteiger charge is -2.19. The van der Waals surface area contributed by atoms with Crippen LogP contribution in [0.3, 0.4) is 0 Å². The average Bonchev–Trinajstić information content (AvgIpc) is 3.13. The molecule has 0 bridgehead atoms. The van der Waals surface area contributed by atoms with Gasteiger partial charge >= 0.3 is 0 Å². The zero-order valence-electron chi connectivity index (χ0n) is 12.7. The highest BCUT2D eigenvalue weighted by atomic mass is 35.5. The smallest absolute Gasteiger partial charge is 0.224 e. The molecule has 0 saturated heterocycles. The summed E-state index contributed by atoms with van der Waals surface area (Å²) in [4.78, 5) is 12.4. The van der Waals surface area contributed by atoms with E-state index < -0.39 is 0 Å². The number of amides is 1. The van der Waals surface area contributed by atoms with Gasteiger partial charge in [0.15, 0.2) is 0 Å². The molecule has 120 valence electrons. The first kappa shape index (κ1) is 16.8. The Balaban J connectivity index is 0.00000176. The molecule has 1 unspecified atom stereocenters. The Morgan fingerprint density at radius 1 is 1.41 bits per heavy atom. The van der Waals surface area contributed by atoms with Crippen LogP contribution in [0, 0.1) is 11.8 Å². The van der Waals surface area contributed by atoms with Crippen LogP contribution in [0.4, 0.5) is 0 Å². The molecule has 1 fully saturated rings. The highest BCUT2D eigenvalue weighted by Crippen LogP contribution is 2.32. The summed E-state index contributed by atoms with van der Waals surface area (Å²) in [6.45, 7) is 2.55. The summed E-state index contributed by atoms with van der Waals surface area (Å²) in [5, 5.41) is 4.14. The van der Waals surface area contributed by atoms with E-state index >= 15 is 0 Å². The van der Waals surface area contributed by atoms with Gasteiger partial charge in [-0.3, -0.25) is 4.79 Å². The maximum Gasteiger partial charge on any atom is 0.224 e. The van der Waals surface area contributed by atoms with E-state index in [4.69, 9.17) is 10.2 Å². The summed E-state index contributed by atoms with van der Waals surface area (Å²) in [5.74, 6) is 1.29. The predicted molar refractivity (Wildman–Crippen MR) is 89.9 cm³/mol. The minimum absolute atomic E-state index is 0.